The van der Waals surface area contributed by atoms with Crippen molar-refractivity contribution in [2.75, 3.05) is 13.2 Å². The number of aliphatic hydroxyl groups excluding tert-OH is 1. The van der Waals surface area contributed by atoms with Crippen LogP contribution >= 0.6 is 0 Å². The summed E-state index contributed by atoms with van der Waals surface area (Å²) >= 11 is 0. The Morgan fingerprint density at radius 2 is 1.87 bits per heavy atom. The van der Waals surface area contributed by atoms with Crippen molar-refractivity contribution in [3.05, 3.63) is 0 Å². The van der Waals surface area contributed by atoms with Gasteiger partial charge in [0.2, 0.25) is 0 Å². The molecule has 0 spiro atoms. The predicted molar refractivity (Wildman–Crippen MR) is 40.6 cm³/mol. The molecule has 1 saturated heterocycles. The van der Waals surface area contributed by atoms with Crippen LogP contribution in [-0.4, -0.2) is 36.5 Å². The molecule has 1 aliphatic heterocycles. The third kappa shape index (κ3) is 2.57. The number of hydrogen-bond donors (Lipinski definition) is 1. The van der Waals surface area contributed by atoms with Crippen molar-refractivity contribution in [3.63, 3.8) is 0 Å². The lowest BCUT2D eigenvalue weighted by Crippen LogP contribution is -2.49. The average molecular weight is 234 g/mol. The molecule has 0 aliphatic carbocycles. The Labute approximate surface area is 83.0 Å². The molecule has 1 rings (SSSR count). The lowest BCUT2D eigenvalue weighted by atomic mass is 9.95. The van der Waals surface area contributed by atoms with Crippen LogP contribution in [0.3, 0.4) is 0 Å². The zero-order chi connectivity index (χ0) is 11.7. The molecule has 15 heavy (non-hydrogen) atoms. The second-order valence-corrected chi connectivity index (χ2v) is 3.45. The first-order chi connectivity index (χ1) is 6.80. The summed E-state index contributed by atoms with van der Waals surface area (Å²) in [5.41, 5.74) is 0. The van der Waals surface area contributed by atoms with Crippen molar-refractivity contribution < 1.29 is 31.8 Å². The zero-order valence-corrected chi connectivity index (χ0v) is 7.73. The second kappa shape index (κ2) is 4.21. The van der Waals surface area contributed by atoms with E-state index in [1.807, 2.05) is 0 Å². The number of halogens is 5. The van der Waals surface area contributed by atoms with Crippen molar-refractivity contribution in [2.45, 2.75) is 31.0 Å². The Hall–Kier alpha value is -0.430. The summed E-state index contributed by atoms with van der Waals surface area (Å²) in [4.78, 5) is 0. The van der Waals surface area contributed by atoms with Crippen LogP contribution in [0, 0.1) is 5.92 Å². The molecule has 0 aromatic rings. The monoisotopic (exact) mass is 234 g/mol. The van der Waals surface area contributed by atoms with Crippen molar-refractivity contribution in [2.24, 2.45) is 5.92 Å². The van der Waals surface area contributed by atoms with Gasteiger partial charge in [-0.1, -0.05) is 0 Å². The molecule has 1 heterocycles. The zero-order valence-electron chi connectivity index (χ0n) is 7.73. The number of rotatable bonds is 3. The van der Waals surface area contributed by atoms with Gasteiger partial charge in [0, 0.05) is 6.61 Å². The standard InChI is InChI=1S/C8H11F5O2/c9-7(10,6-2-1-3-15-6)5(4-14)8(11,12)13/h5-6,14H,1-4H2. The predicted octanol–water partition coefficient (Wildman–Crippen LogP) is 1.97. The average Bonchev–Trinajstić information content (AvgIpc) is 2.52. The van der Waals surface area contributed by atoms with E-state index in [4.69, 9.17) is 5.11 Å². The molecule has 2 unspecified atom stereocenters. The van der Waals surface area contributed by atoms with E-state index in [9.17, 15) is 22.0 Å². The molecular formula is C8H11F5O2. The highest BCUT2D eigenvalue weighted by molar-refractivity contribution is 4.90. The van der Waals surface area contributed by atoms with Crippen molar-refractivity contribution in [1.29, 1.82) is 0 Å². The maximum Gasteiger partial charge on any atom is 0.399 e. The lowest BCUT2D eigenvalue weighted by Gasteiger charge is -2.30. The Bertz CT molecular complexity index is 210. The molecule has 2 nitrogen and oxygen atoms in total. The molecular weight excluding hydrogens is 223 g/mol. The molecule has 1 fully saturated rings. The van der Waals surface area contributed by atoms with E-state index < -0.39 is 30.7 Å². The van der Waals surface area contributed by atoms with Crippen molar-refractivity contribution in [1.82, 2.24) is 0 Å². The summed E-state index contributed by atoms with van der Waals surface area (Å²) in [7, 11) is 0. The molecule has 0 aromatic heterocycles. The van der Waals surface area contributed by atoms with E-state index in [0.29, 0.717) is 6.42 Å². The van der Waals surface area contributed by atoms with Crippen molar-refractivity contribution in [3.8, 4) is 0 Å². The van der Waals surface area contributed by atoms with Gasteiger partial charge in [-0.15, -0.1) is 0 Å². The molecule has 0 bridgehead atoms. The molecule has 2 atom stereocenters. The molecule has 7 heteroatoms. The number of aliphatic hydroxyl groups is 1. The minimum atomic E-state index is -5.12. The Morgan fingerprint density at radius 1 is 1.27 bits per heavy atom. The van der Waals surface area contributed by atoms with Crippen LogP contribution in [0.4, 0.5) is 22.0 Å². The Balaban J connectivity index is 2.80. The van der Waals surface area contributed by atoms with Gasteiger partial charge in [0.05, 0.1) is 6.61 Å². The van der Waals surface area contributed by atoms with Crippen LogP contribution in [0.15, 0.2) is 0 Å². The van der Waals surface area contributed by atoms with E-state index in [1.165, 1.54) is 0 Å². The highest BCUT2D eigenvalue weighted by Crippen LogP contribution is 2.43. The summed E-state index contributed by atoms with van der Waals surface area (Å²) in [6.45, 7) is -1.59. The molecule has 0 saturated carbocycles. The van der Waals surface area contributed by atoms with Crippen LogP contribution < -0.4 is 0 Å². The van der Waals surface area contributed by atoms with Crippen molar-refractivity contribution >= 4 is 0 Å². The van der Waals surface area contributed by atoms with Gasteiger partial charge >= 0.3 is 6.18 Å². The summed E-state index contributed by atoms with van der Waals surface area (Å²) in [5.74, 6) is -7.11. The topological polar surface area (TPSA) is 29.5 Å². The molecule has 0 aromatic carbocycles. The first kappa shape index (κ1) is 12.6. The van der Waals surface area contributed by atoms with Gasteiger partial charge in [-0.3, -0.25) is 0 Å². The second-order valence-electron chi connectivity index (χ2n) is 3.45. The van der Waals surface area contributed by atoms with Crippen LogP contribution in [0.2, 0.25) is 0 Å². The normalized spacial score (nSPS) is 25.6. The highest BCUT2D eigenvalue weighted by Gasteiger charge is 2.59. The highest BCUT2D eigenvalue weighted by atomic mass is 19.4. The van der Waals surface area contributed by atoms with Gasteiger partial charge in [0.25, 0.3) is 5.92 Å². The summed E-state index contributed by atoms with van der Waals surface area (Å²) in [5, 5.41) is 8.40. The van der Waals surface area contributed by atoms with Gasteiger partial charge in [-0.2, -0.15) is 13.2 Å². The van der Waals surface area contributed by atoms with Crippen LogP contribution in [-0.2, 0) is 4.74 Å². The number of alkyl halides is 5. The van der Waals surface area contributed by atoms with Gasteiger partial charge in [-0.25, -0.2) is 8.78 Å². The fraction of sp³-hybridized carbons (Fsp3) is 1.00. The Kier molecular flexibility index (Phi) is 3.55. The number of hydrogen-bond acceptors (Lipinski definition) is 2. The quantitative estimate of drug-likeness (QED) is 0.756. The third-order valence-electron chi connectivity index (χ3n) is 2.40. The maximum atomic E-state index is 13.3. The largest absolute Gasteiger partial charge is 0.399 e. The minimum Gasteiger partial charge on any atom is -0.395 e. The van der Waals surface area contributed by atoms with Gasteiger partial charge in [0.1, 0.15) is 12.0 Å². The molecule has 1 N–H and O–H groups in total. The first-order valence-corrected chi connectivity index (χ1v) is 4.47. The van der Waals surface area contributed by atoms with Crippen LogP contribution in [0.25, 0.3) is 0 Å². The molecule has 0 radical (unpaired) electrons. The summed E-state index contributed by atoms with van der Waals surface area (Å²) < 4.78 is 67.6. The number of ether oxygens (including phenoxy) is 1. The molecule has 0 amide bonds. The Morgan fingerprint density at radius 3 is 2.20 bits per heavy atom. The van der Waals surface area contributed by atoms with E-state index in [-0.39, 0.29) is 13.0 Å². The fourth-order valence-electron chi connectivity index (χ4n) is 1.55. The minimum absolute atomic E-state index is 0.0380. The van der Waals surface area contributed by atoms with Gasteiger partial charge in [0.15, 0.2) is 0 Å². The first-order valence-electron chi connectivity index (χ1n) is 4.47. The van der Waals surface area contributed by atoms with Crippen LogP contribution in [0.1, 0.15) is 12.8 Å². The van der Waals surface area contributed by atoms with E-state index in [1.54, 1.807) is 0 Å². The van der Waals surface area contributed by atoms with E-state index in [0.717, 1.165) is 0 Å². The lowest BCUT2D eigenvalue weighted by molar-refractivity contribution is -0.273. The molecule has 90 valence electrons. The fourth-order valence-corrected chi connectivity index (χ4v) is 1.55. The summed E-state index contributed by atoms with van der Waals surface area (Å²) in [6.07, 6.45) is -6.66. The third-order valence-corrected chi connectivity index (χ3v) is 2.40. The van der Waals surface area contributed by atoms with Gasteiger partial charge < -0.3 is 9.84 Å². The smallest absolute Gasteiger partial charge is 0.395 e. The SMILES string of the molecule is OCC(C(F)(F)F)C(F)(F)C1CCCO1. The summed E-state index contributed by atoms with van der Waals surface area (Å²) in [6, 6.07) is 0. The van der Waals surface area contributed by atoms with E-state index in [2.05, 4.69) is 4.74 Å². The van der Waals surface area contributed by atoms with Gasteiger partial charge in [-0.05, 0) is 12.8 Å². The van der Waals surface area contributed by atoms with Crippen LogP contribution in [0.5, 0.6) is 0 Å². The molecule has 1 aliphatic rings. The maximum absolute atomic E-state index is 13.3. The van der Waals surface area contributed by atoms with E-state index >= 15 is 0 Å².